The molecule has 1 saturated carbocycles. The summed E-state index contributed by atoms with van der Waals surface area (Å²) in [6.45, 7) is 5.25. The highest BCUT2D eigenvalue weighted by molar-refractivity contribution is 7.18. The molecule has 3 aliphatic rings. The highest BCUT2D eigenvalue weighted by Gasteiger charge is 2.66. The minimum absolute atomic E-state index is 0.0545. The Morgan fingerprint density at radius 3 is 2.63 bits per heavy atom. The van der Waals surface area contributed by atoms with Gasteiger partial charge in [0.1, 0.15) is 16.9 Å². The van der Waals surface area contributed by atoms with E-state index in [1.807, 2.05) is 6.92 Å². The molecule has 13 heteroatoms. The molecule has 12 nitrogen and oxygen atoms in total. The molecule has 0 spiro atoms. The number of carbonyl (C=O) groups excluding carboxylic acids is 3. The second-order valence-corrected chi connectivity index (χ2v) is 12.5. The van der Waals surface area contributed by atoms with Crippen molar-refractivity contribution in [1.29, 1.82) is 0 Å². The molecule has 2 aromatic heterocycles. The van der Waals surface area contributed by atoms with Gasteiger partial charge in [0.15, 0.2) is 0 Å². The maximum absolute atomic E-state index is 13.1. The number of ether oxygens (including phenoxy) is 2. The lowest BCUT2D eigenvalue weighted by Gasteiger charge is -2.50. The molecular weight excluding hydrogens is 552 g/mol. The molecular formula is C28H36N4O8S. The first-order chi connectivity index (χ1) is 19.5. The summed E-state index contributed by atoms with van der Waals surface area (Å²) >= 11 is 1.30. The number of carboxylic acids is 1. The predicted octanol–water partition coefficient (Wildman–Crippen LogP) is 3.18. The number of nitrogens with zero attached hydrogens (tertiary/aromatic N) is 3. The third-order valence-electron chi connectivity index (χ3n) is 8.60. The van der Waals surface area contributed by atoms with Crippen molar-refractivity contribution >= 4 is 45.7 Å². The summed E-state index contributed by atoms with van der Waals surface area (Å²) in [5.41, 5.74) is -0.0371. The molecule has 4 atom stereocenters. The zero-order valence-electron chi connectivity index (χ0n) is 23.4. The molecule has 1 saturated heterocycles. The predicted molar refractivity (Wildman–Crippen MR) is 148 cm³/mol. The van der Waals surface area contributed by atoms with Gasteiger partial charge in [-0.3, -0.25) is 14.0 Å². The summed E-state index contributed by atoms with van der Waals surface area (Å²) in [6.07, 6.45) is 7.31. The number of nitrogens with one attached hydrogen (secondary N) is 1. The maximum Gasteiger partial charge on any atom is 0.508 e. The lowest BCUT2D eigenvalue weighted by Crippen LogP contribution is -2.66. The number of aliphatic carboxylic acids is 1. The molecule has 41 heavy (non-hydrogen) atoms. The van der Waals surface area contributed by atoms with Crippen LogP contribution in [0.2, 0.25) is 0 Å². The summed E-state index contributed by atoms with van der Waals surface area (Å²) in [7, 11) is 0. The molecule has 2 amide bonds. The van der Waals surface area contributed by atoms with E-state index in [1.54, 1.807) is 16.9 Å². The number of carboxylic acid groups (broad SMARTS) is 1. The molecule has 3 N–H and O–H groups in total. The van der Waals surface area contributed by atoms with Crippen molar-refractivity contribution in [3.05, 3.63) is 28.8 Å². The third-order valence-corrected chi connectivity index (χ3v) is 9.77. The standard InChI is InChI=1S/C28H36N4O8S/c1-15(33)20-23-28(3,9-10-39-27(38)40-13-17-7-5-4-6-8-17)21(22(26(36)37)32(23)24(20)35)19-12-31-14-30-18(25(31)41-19)11-29-16(2)34/h12,14-15,17,20,23,33H,4-11,13H2,1-3H3,(H,29,34)(H,36,37)/t15-,20-,23-,28?/m1/s1. The van der Waals surface area contributed by atoms with Gasteiger partial charge in [0.05, 0.1) is 48.4 Å². The molecule has 2 fully saturated rings. The Kier molecular flexibility index (Phi) is 8.11. The molecule has 2 aliphatic heterocycles. The van der Waals surface area contributed by atoms with Crippen LogP contribution in [0.15, 0.2) is 18.2 Å². The van der Waals surface area contributed by atoms with Gasteiger partial charge >= 0.3 is 12.1 Å². The number of hydrogen-bond acceptors (Lipinski definition) is 9. The molecule has 4 heterocycles. The summed E-state index contributed by atoms with van der Waals surface area (Å²) < 4.78 is 12.6. The van der Waals surface area contributed by atoms with Gasteiger partial charge < -0.3 is 29.9 Å². The summed E-state index contributed by atoms with van der Waals surface area (Å²) in [6, 6.07) is -0.628. The Labute approximate surface area is 241 Å². The fourth-order valence-corrected chi connectivity index (χ4v) is 7.81. The average molecular weight is 589 g/mol. The Hall–Kier alpha value is -3.45. The van der Waals surface area contributed by atoms with Crippen LogP contribution in [0.4, 0.5) is 4.79 Å². The van der Waals surface area contributed by atoms with Gasteiger partial charge in [-0.1, -0.05) is 26.2 Å². The minimum Gasteiger partial charge on any atom is -0.477 e. The fraction of sp³-hybridized carbons (Fsp3) is 0.607. The van der Waals surface area contributed by atoms with E-state index in [0.717, 1.165) is 30.5 Å². The molecule has 222 valence electrons. The molecule has 2 aromatic rings. The van der Waals surface area contributed by atoms with E-state index < -0.39 is 41.5 Å². The Bertz CT molecular complexity index is 1390. The fourth-order valence-electron chi connectivity index (χ4n) is 6.55. The lowest BCUT2D eigenvalue weighted by molar-refractivity contribution is -0.167. The number of thiazole rings is 1. The van der Waals surface area contributed by atoms with Crippen LogP contribution in [0.1, 0.15) is 69.9 Å². The second kappa shape index (κ2) is 11.4. The zero-order valence-corrected chi connectivity index (χ0v) is 24.2. The van der Waals surface area contributed by atoms with E-state index in [0.29, 0.717) is 28.7 Å². The lowest BCUT2D eigenvalue weighted by atomic mass is 9.66. The molecule has 0 radical (unpaired) electrons. The van der Waals surface area contributed by atoms with Gasteiger partial charge in [-0.2, -0.15) is 0 Å². The number of aliphatic hydroxyl groups excluding tert-OH is 1. The van der Waals surface area contributed by atoms with Gasteiger partial charge in [-0.15, -0.1) is 11.3 Å². The number of fused-ring (bicyclic) bond motifs is 2. The van der Waals surface area contributed by atoms with E-state index in [4.69, 9.17) is 9.47 Å². The van der Waals surface area contributed by atoms with E-state index in [1.165, 1.54) is 36.5 Å². The molecule has 5 rings (SSSR count). The normalized spacial score (nSPS) is 25.2. The highest BCUT2D eigenvalue weighted by atomic mass is 32.1. The molecule has 1 aliphatic carbocycles. The van der Waals surface area contributed by atoms with Gasteiger partial charge in [0, 0.05) is 24.1 Å². The number of rotatable bonds is 10. The monoisotopic (exact) mass is 588 g/mol. The van der Waals surface area contributed by atoms with Gasteiger partial charge in [0.25, 0.3) is 0 Å². The number of β-lactam (4-membered cyclic amide) rings is 1. The van der Waals surface area contributed by atoms with Crippen molar-refractivity contribution in [2.75, 3.05) is 13.2 Å². The topological polar surface area (TPSA) is 160 Å². The number of aromatic nitrogens is 2. The van der Waals surface area contributed by atoms with Crippen molar-refractivity contribution < 1.29 is 38.9 Å². The molecule has 1 unspecified atom stereocenters. The Morgan fingerprint density at radius 1 is 1.24 bits per heavy atom. The van der Waals surface area contributed by atoms with Crippen LogP contribution in [-0.4, -0.2) is 73.8 Å². The summed E-state index contributed by atoms with van der Waals surface area (Å²) in [5.74, 6) is -2.37. The molecule has 0 bridgehead atoms. The van der Waals surface area contributed by atoms with Crippen molar-refractivity contribution in [3.63, 3.8) is 0 Å². The SMILES string of the molecule is CC(=O)NCc1ncn2cc(C3=C(C(=O)O)N4C(=O)[C@H]([C@@H](C)O)[C@@H]4C3(C)CCOC(=O)OCC3CCCCC3)sc12. The first-order valence-corrected chi connectivity index (χ1v) is 14.8. The molecule has 0 aromatic carbocycles. The quantitative estimate of drug-likeness (QED) is 0.280. The number of carbonyl (C=O) groups is 4. The van der Waals surface area contributed by atoms with Gasteiger partial charge in [-0.05, 0) is 32.1 Å². The van der Waals surface area contributed by atoms with Crippen molar-refractivity contribution in [2.45, 2.75) is 78.0 Å². The van der Waals surface area contributed by atoms with E-state index in [-0.39, 0.29) is 31.2 Å². The van der Waals surface area contributed by atoms with Crippen molar-refractivity contribution in [3.8, 4) is 0 Å². The van der Waals surface area contributed by atoms with Crippen LogP contribution in [-0.2, 0) is 30.4 Å². The number of amides is 2. The van der Waals surface area contributed by atoms with Gasteiger partial charge in [-0.25, -0.2) is 14.6 Å². The first-order valence-electron chi connectivity index (χ1n) is 14.0. The Balaban J connectivity index is 1.42. The minimum atomic E-state index is -1.26. The largest absolute Gasteiger partial charge is 0.508 e. The number of hydrogen-bond donors (Lipinski definition) is 3. The second-order valence-electron chi connectivity index (χ2n) is 11.4. The van der Waals surface area contributed by atoms with Crippen LogP contribution in [0.25, 0.3) is 10.4 Å². The van der Waals surface area contributed by atoms with E-state index in [2.05, 4.69) is 10.3 Å². The van der Waals surface area contributed by atoms with Crippen LogP contribution >= 0.6 is 11.3 Å². The van der Waals surface area contributed by atoms with Gasteiger partial charge in [0.2, 0.25) is 11.8 Å². The van der Waals surface area contributed by atoms with E-state index in [9.17, 15) is 29.4 Å². The van der Waals surface area contributed by atoms with Crippen molar-refractivity contribution in [1.82, 2.24) is 19.6 Å². The van der Waals surface area contributed by atoms with E-state index >= 15 is 0 Å². The maximum atomic E-state index is 13.1. The van der Waals surface area contributed by atoms with Crippen LogP contribution in [0, 0.1) is 17.3 Å². The zero-order chi connectivity index (χ0) is 29.5. The van der Waals surface area contributed by atoms with Crippen LogP contribution in [0.3, 0.4) is 0 Å². The van der Waals surface area contributed by atoms with Crippen LogP contribution < -0.4 is 5.32 Å². The number of aliphatic hydroxyl groups is 1. The summed E-state index contributed by atoms with van der Waals surface area (Å²) in [4.78, 5) is 56.5. The third kappa shape index (κ3) is 5.32. The number of imidazole rings is 1. The first kappa shape index (κ1) is 29.1. The smallest absolute Gasteiger partial charge is 0.477 e. The average Bonchev–Trinajstić information content (AvgIpc) is 3.55. The van der Waals surface area contributed by atoms with Crippen molar-refractivity contribution in [2.24, 2.45) is 17.3 Å². The highest BCUT2D eigenvalue weighted by Crippen LogP contribution is 2.60. The summed E-state index contributed by atoms with van der Waals surface area (Å²) in [5, 5.41) is 23.5. The van der Waals surface area contributed by atoms with Crippen LogP contribution in [0.5, 0.6) is 0 Å². The Morgan fingerprint density at radius 2 is 1.98 bits per heavy atom.